The van der Waals surface area contributed by atoms with Gasteiger partial charge in [0.05, 0.1) is 11.5 Å². The lowest BCUT2D eigenvalue weighted by molar-refractivity contribution is -0.139. The minimum Gasteiger partial charge on any atom is -0.481 e. The number of anilines is 1. The molecule has 0 saturated heterocycles. The van der Waals surface area contributed by atoms with Crippen molar-refractivity contribution in [2.24, 2.45) is 0 Å². The van der Waals surface area contributed by atoms with Crippen molar-refractivity contribution in [1.82, 2.24) is 0 Å². The maximum Gasteiger partial charge on any atom is 0.311 e. The lowest BCUT2D eigenvalue weighted by Crippen LogP contribution is -2.17. The van der Waals surface area contributed by atoms with E-state index in [0.29, 0.717) is 29.0 Å². The van der Waals surface area contributed by atoms with E-state index in [0.717, 1.165) is 24.1 Å². The number of aliphatic carboxylic acids is 1. The Bertz CT molecular complexity index is 586. The van der Waals surface area contributed by atoms with Gasteiger partial charge in [0.1, 0.15) is 11.1 Å². The van der Waals surface area contributed by atoms with E-state index in [1.165, 1.54) is 11.3 Å². The molecule has 1 heterocycles. The van der Waals surface area contributed by atoms with Crippen molar-refractivity contribution in [1.29, 1.82) is 5.26 Å². The van der Waals surface area contributed by atoms with Crippen LogP contribution in [-0.4, -0.2) is 17.0 Å². The number of rotatable bonds is 4. The Morgan fingerprint density at radius 2 is 2.30 bits per heavy atom. The van der Waals surface area contributed by atoms with E-state index in [4.69, 9.17) is 0 Å². The molecule has 2 rings (SSSR count). The number of aryl methyl sites for hydroxylation is 1. The van der Waals surface area contributed by atoms with Crippen LogP contribution in [0.1, 0.15) is 54.5 Å². The monoisotopic (exact) mass is 292 g/mol. The number of nitrogens with zero attached hydrogens (tertiary/aromatic N) is 1. The van der Waals surface area contributed by atoms with Crippen molar-refractivity contribution in [3.05, 3.63) is 16.0 Å². The number of carboxylic acids is 1. The van der Waals surface area contributed by atoms with Crippen molar-refractivity contribution < 1.29 is 14.7 Å². The molecule has 0 aliphatic heterocycles. The van der Waals surface area contributed by atoms with Crippen molar-refractivity contribution in [2.45, 2.75) is 44.9 Å². The van der Waals surface area contributed by atoms with Gasteiger partial charge in [-0.2, -0.15) is 5.26 Å². The Morgan fingerprint density at radius 3 is 2.90 bits per heavy atom. The molecule has 0 spiro atoms. The van der Waals surface area contributed by atoms with Crippen molar-refractivity contribution in [2.75, 3.05) is 5.32 Å². The summed E-state index contributed by atoms with van der Waals surface area (Å²) < 4.78 is 0. The summed E-state index contributed by atoms with van der Waals surface area (Å²) in [6.45, 7) is 1.91. The molecule has 1 aromatic heterocycles. The van der Waals surface area contributed by atoms with E-state index in [-0.39, 0.29) is 5.91 Å². The second kappa shape index (κ2) is 6.06. The highest BCUT2D eigenvalue weighted by molar-refractivity contribution is 7.16. The molecule has 0 saturated carbocycles. The highest BCUT2D eigenvalue weighted by atomic mass is 32.1. The molecular formula is C14H16N2O3S. The van der Waals surface area contributed by atoms with Gasteiger partial charge < -0.3 is 10.4 Å². The normalized spacial score (nSPS) is 17.1. The van der Waals surface area contributed by atoms with Gasteiger partial charge >= 0.3 is 5.97 Å². The maximum atomic E-state index is 11.7. The Hall–Kier alpha value is -1.87. The van der Waals surface area contributed by atoms with Gasteiger partial charge in [0.25, 0.3) is 0 Å². The highest BCUT2D eigenvalue weighted by Gasteiger charge is 2.32. The Labute approximate surface area is 121 Å². The highest BCUT2D eigenvalue weighted by Crippen LogP contribution is 2.43. The SMILES string of the molecule is CCCC(=O)Nc1sc2c(c1C#N)C(C(=O)O)CCC2. The largest absolute Gasteiger partial charge is 0.481 e. The predicted octanol–water partition coefficient (Wildman–Crippen LogP) is 2.86. The lowest BCUT2D eigenvalue weighted by Gasteiger charge is -2.18. The summed E-state index contributed by atoms with van der Waals surface area (Å²) >= 11 is 1.34. The molecule has 6 heteroatoms. The molecule has 0 fully saturated rings. The van der Waals surface area contributed by atoms with Crippen LogP contribution >= 0.6 is 11.3 Å². The van der Waals surface area contributed by atoms with E-state index in [2.05, 4.69) is 11.4 Å². The summed E-state index contributed by atoms with van der Waals surface area (Å²) in [5.41, 5.74) is 0.949. The Balaban J connectivity index is 2.39. The molecule has 5 nitrogen and oxygen atoms in total. The van der Waals surface area contributed by atoms with E-state index >= 15 is 0 Å². The lowest BCUT2D eigenvalue weighted by atomic mass is 9.85. The number of hydrogen-bond acceptors (Lipinski definition) is 4. The average molecular weight is 292 g/mol. The maximum absolute atomic E-state index is 11.7. The van der Waals surface area contributed by atoms with E-state index in [1.54, 1.807) is 0 Å². The minimum absolute atomic E-state index is 0.130. The quantitative estimate of drug-likeness (QED) is 0.892. The number of amides is 1. The third-order valence-corrected chi connectivity index (χ3v) is 4.59. The molecule has 1 aliphatic rings. The molecular weight excluding hydrogens is 276 g/mol. The zero-order valence-corrected chi connectivity index (χ0v) is 12.0. The minimum atomic E-state index is -0.897. The molecule has 0 bridgehead atoms. The molecule has 106 valence electrons. The van der Waals surface area contributed by atoms with Crippen LogP contribution < -0.4 is 5.32 Å². The van der Waals surface area contributed by atoms with Gasteiger partial charge in [0, 0.05) is 16.9 Å². The molecule has 1 atom stereocenters. The van der Waals surface area contributed by atoms with Gasteiger partial charge in [-0.1, -0.05) is 6.92 Å². The summed E-state index contributed by atoms with van der Waals surface area (Å²) in [6.07, 6.45) is 3.27. The summed E-state index contributed by atoms with van der Waals surface area (Å²) in [6, 6.07) is 2.07. The van der Waals surface area contributed by atoms with Gasteiger partial charge in [0.2, 0.25) is 5.91 Å². The van der Waals surface area contributed by atoms with Crippen LogP contribution in [0.5, 0.6) is 0 Å². The number of hydrogen-bond donors (Lipinski definition) is 2. The van der Waals surface area contributed by atoms with Crippen LogP contribution in [0.3, 0.4) is 0 Å². The van der Waals surface area contributed by atoms with Crippen molar-refractivity contribution >= 4 is 28.2 Å². The number of fused-ring (bicyclic) bond motifs is 1. The number of carboxylic acid groups (broad SMARTS) is 1. The fourth-order valence-electron chi connectivity index (χ4n) is 2.52. The number of carbonyl (C=O) groups is 2. The molecule has 0 aromatic carbocycles. The number of nitrogens with one attached hydrogen (secondary N) is 1. The number of carbonyl (C=O) groups excluding carboxylic acids is 1. The van der Waals surface area contributed by atoms with E-state index in [9.17, 15) is 20.0 Å². The molecule has 1 aromatic rings. The predicted molar refractivity (Wildman–Crippen MR) is 75.9 cm³/mol. The fourth-order valence-corrected chi connectivity index (χ4v) is 3.79. The van der Waals surface area contributed by atoms with E-state index in [1.807, 2.05) is 6.92 Å². The molecule has 1 amide bonds. The fraction of sp³-hybridized carbons (Fsp3) is 0.500. The molecule has 20 heavy (non-hydrogen) atoms. The van der Waals surface area contributed by atoms with Gasteiger partial charge in [0.15, 0.2) is 0 Å². The van der Waals surface area contributed by atoms with Crippen LogP contribution in [0.4, 0.5) is 5.00 Å². The third kappa shape index (κ3) is 2.68. The molecule has 2 N–H and O–H groups in total. The molecule has 0 radical (unpaired) electrons. The number of thiophene rings is 1. The average Bonchev–Trinajstić information content (AvgIpc) is 2.75. The summed E-state index contributed by atoms with van der Waals surface area (Å²) in [5, 5.41) is 21.9. The van der Waals surface area contributed by atoms with Crippen molar-refractivity contribution in [3.8, 4) is 6.07 Å². The van der Waals surface area contributed by atoms with Crippen LogP contribution in [0.25, 0.3) is 0 Å². The van der Waals surface area contributed by atoms with Gasteiger partial charge in [-0.15, -0.1) is 11.3 Å². The second-order valence-corrected chi connectivity index (χ2v) is 5.94. The van der Waals surface area contributed by atoms with Crippen LogP contribution in [0.2, 0.25) is 0 Å². The first-order valence-corrected chi connectivity index (χ1v) is 7.48. The standard InChI is InChI=1S/C14H16N2O3S/c1-2-4-11(17)16-13-9(7-15)12-8(14(18)19)5-3-6-10(12)20-13/h8H,2-6H2,1H3,(H,16,17)(H,18,19). The third-order valence-electron chi connectivity index (χ3n) is 3.41. The first kappa shape index (κ1) is 14.5. The zero-order valence-electron chi connectivity index (χ0n) is 11.2. The zero-order chi connectivity index (χ0) is 14.7. The molecule has 1 aliphatic carbocycles. The van der Waals surface area contributed by atoms with Crippen LogP contribution in [0, 0.1) is 11.3 Å². The van der Waals surface area contributed by atoms with Crippen LogP contribution in [0.15, 0.2) is 0 Å². The number of nitriles is 1. The topological polar surface area (TPSA) is 90.2 Å². The van der Waals surface area contributed by atoms with Gasteiger partial charge in [-0.05, 0) is 25.7 Å². The summed E-state index contributed by atoms with van der Waals surface area (Å²) in [7, 11) is 0. The first-order chi connectivity index (χ1) is 9.58. The molecule has 1 unspecified atom stereocenters. The Morgan fingerprint density at radius 1 is 1.55 bits per heavy atom. The van der Waals surface area contributed by atoms with Crippen molar-refractivity contribution in [3.63, 3.8) is 0 Å². The summed E-state index contributed by atoms with van der Waals surface area (Å²) in [5.74, 6) is -1.65. The van der Waals surface area contributed by atoms with E-state index < -0.39 is 11.9 Å². The summed E-state index contributed by atoms with van der Waals surface area (Å²) in [4.78, 5) is 23.9. The Kier molecular flexibility index (Phi) is 4.40. The second-order valence-electron chi connectivity index (χ2n) is 4.84. The van der Waals surface area contributed by atoms with Crippen LogP contribution in [-0.2, 0) is 16.0 Å². The van der Waals surface area contributed by atoms with Gasteiger partial charge in [-0.3, -0.25) is 9.59 Å². The van der Waals surface area contributed by atoms with Gasteiger partial charge in [-0.25, -0.2) is 0 Å². The first-order valence-electron chi connectivity index (χ1n) is 6.66. The smallest absolute Gasteiger partial charge is 0.311 e.